The predicted molar refractivity (Wildman–Crippen MR) is 141 cm³/mol. The van der Waals surface area contributed by atoms with Crippen LogP contribution in [-0.2, 0) is 5.41 Å². The van der Waals surface area contributed by atoms with Crippen LogP contribution in [-0.4, -0.2) is 0 Å². The molecule has 7 rings (SSSR count). The third kappa shape index (κ3) is 2.47. The van der Waals surface area contributed by atoms with Gasteiger partial charge in [-0.05, 0) is 79.9 Å². The van der Waals surface area contributed by atoms with Crippen LogP contribution < -0.4 is 0 Å². The Kier molecular flexibility index (Phi) is 4.07. The highest BCUT2D eigenvalue weighted by atomic mass is 79.9. The van der Waals surface area contributed by atoms with E-state index in [-0.39, 0.29) is 0 Å². The lowest BCUT2D eigenvalue weighted by Crippen LogP contribution is -2.29. The molecule has 1 spiro atoms. The van der Waals surface area contributed by atoms with E-state index < -0.39 is 5.41 Å². The van der Waals surface area contributed by atoms with Gasteiger partial charge in [0.1, 0.15) is 0 Å². The lowest BCUT2D eigenvalue weighted by Gasteiger charge is -2.35. The molecule has 5 aromatic carbocycles. The molecule has 0 heterocycles. The highest BCUT2D eigenvalue weighted by Crippen LogP contribution is 2.61. The minimum Gasteiger partial charge on any atom is -0.0843 e. The summed E-state index contributed by atoms with van der Waals surface area (Å²) in [4.78, 5) is 0. The number of fused-ring (bicyclic) bond motifs is 12. The number of hydrogen-bond acceptors (Lipinski definition) is 0. The summed E-state index contributed by atoms with van der Waals surface area (Å²) < 4.78 is 1.08. The van der Waals surface area contributed by atoms with E-state index in [0.717, 1.165) is 9.50 Å². The molecule has 0 aliphatic heterocycles. The highest BCUT2D eigenvalue weighted by Gasteiger charge is 2.49. The first-order valence-electron chi connectivity index (χ1n) is 11.1. The van der Waals surface area contributed by atoms with Crippen molar-refractivity contribution in [1.29, 1.82) is 0 Å². The third-order valence-electron chi connectivity index (χ3n) is 7.23. The Bertz CT molecular complexity index is 1600. The van der Waals surface area contributed by atoms with Crippen LogP contribution in [0.5, 0.6) is 0 Å². The Morgan fingerprint density at radius 3 is 1.64 bits per heavy atom. The van der Waals surface area contributed by atoms with Gasteiger partial charge in [-0.3, -0.25) is 0 Å². The minimum atomic E-state index is -0.439. The Hall–Kier alpha value is -3.13. The summed E-state index contributed by atoms with van der Waals surface area (Å²) in [5.74, 6) is 0. The van der Waals surface area contributed by atoms with Crippen LogP contribution >= 0.6 is 27.5 Å². The second kappa shape index (κ2) is 6.93. The molecule has 0 saturated heterocycles. The van der Waals surface area contributed by atoms with Crippen LogP contribution in [0.1, 0.15) is 22.3 Å². The molecule has 2 aliphatic carbocycles. The maximum Gasteiger partial charge on any atom is 0.0725 e. The average Bonchev–Trinajstić information content (AvgIpc) is 3.08. The Labute approximate surface area is 206 Å². The summed E-state index contributed by atoms with van der Waals surface area (Å²) in [7, 11) is 0. The van der Waals surface area contributed by atoms with E-state index >= 15 is 0 Å². The van der Waals surface area contributed by atoms with E-state index in [1.54, 1.807) is 0 Å². The van der Waals surface area contributed by atoms with Gasteiger partial charge in [0.25, 0.3) is 0 Å². The molecule has 5 aromatic rings. The van der Waals surface area contributed by atoms with Crippen LogP contribution in [0.15, 0.2) is 114 Å². The maximum atomic E-state index is 6.54. The number of rotatable bonds is 0. The van der Waals surface area contributed by atoms with E-state index in [0.29, 0.717) is 0 Å². The van der Waals surface area contributed by atoms with Crippen molar-refractivity contribution in [2.24, 2.45) is 0 Å². The fourth-order valence-electron chi connectivity index (χ4n) is 6.04. The number of hydrogen-bond donors (Lipinski definition) is 0. The maximum absolute atomic E-state index is 6.54. The van der Waals surface area contributed by atoms with Gasteiger partial charge < -0.3 is 0 Å². The summed E-state index contributed by atoms with van der Waals surface area (Å²) in [5, 5.41) is 0.764. The topological polar surface area (TPSA) is 0 Å². The van der Waals surface area contributed by atoms with Crippen molar-refractivity contribution in [3.63, 3.8) is 0 Å². The monoisotopic (exact) mass is 504 g/mol. The lowest BCUT2D eigenvalue weighted by atomic mass is 9.66. The molecule has 0 amide bonds. The second-order valence-corrected chi connectivity index (χ2v) is 10.1. The molecule has 0 bridgehead atoms. The largest absolute Gasteiger partial charge is 0.0843 e. The smallest absolute Gasteiger partial charge is 0.0725 e. The molecule has 156 valence electrons. The first kappa shape index (κ1) is 19.3. The van der Waals surface area contributed by atoms with Crippen molar-refractivity contribution in [3.8, 4) is 33.4 Å². The van der Waals surface area contributed by atoms with Gasteiger partial charge in [0, 0.05) is 9.50 Å². The van der Waals surface area contributed by atoms with Gasteiger partial charge in [0.15, 0.2) is 0 Å². The van der Waals surface area contributed by atoms with E-state index in [1.807, 2.05) is 6.07 Å². The molecule has 2 aliphatic rings. The van der Waals surface area contributed by atoms with Gasteiger partial charge in [-0.15, -0.1) is 0 Å². The highest BCUT2D eigenvalue weighted by molar-refractivity contribution is 9.10. The fraction of sp³-hybridized carbons (Fsp3) is 0.0323. The summed E-state index contributed by atoms with van der Waals surface area (Å²) in [6.45, 7) is 0. The summed E-state index contributed by atoms with van der Waals surface area (Å²) in [6, 6.07) is 39.6. The molecule has 0 saturated carbocycles. The quantitative estimate of drug-likeness (QED) is 0.193. The zero-order valence-electron chi connectivity index (χ0n) is 17.6. The standard InChI is InChI=1S/C31H18BrCl/c32-19-13-15-25-22-8-2-1-7-21(22)23-9-3-5-11-27(23)31(30(25)17-19)28-12-6-4-10-24(28)26-18-20(33)14-16-29(26)31/h1-18H. The first-order valence-corrected chi connectivity index (χ1v) is 12.3. The predicted octanol–water partition coefficient (Wildman–Crippen LogP) is 9.11. The summed E-state index contributed by atoms with van der Waals surface area (Å²) in [6.07, 6.45) is 0. The molecule has 33 heavy (non-hydrogen) atoms. The summed E-state index contributed by atoms with van der Waals surface area (Å²) in [5.41, 5.74) is 12.3. The minimum absolute atomic E-state index is 0.439. The fourth-order valence-corrected chi connectivity index (χ4v) is 6.57. The van der Waals surface area contributed by atoms with Crippen molar-refractivity contribution in [1.82, 2.24) is 0 Å². The Morgan fingerprint density at radius 2 is 0.970 bits per heavy atom. The van der Waals surface area contributed by atoms with Gasteiger partial charge in [-0.25, -0.2) is 0 Å². The number of benzene rings is 5. The molecule has 0 fully saturated rings. The van der Waals surface area contributed by atoms with Crippen LogP contribution in [0.2, 0.25) is 5.02 Å². The molecule has 2 heteroatoms. The van der Waals surface area contributed by atoms with Crippen LogP contribution in [0.3, 0.4) is 0 Å². The first-order chi connectivity index (χ1) is 16.2. The third-order valence-corrected chi connectivity index (χ3v) is 7.96. The van der Waals surface area contributed by atoms with Gasteiger partial charge in [-0.2, -0.15) is 0 Å². The van der Waals surface area contributed by atoms with Crippen LogP contribution in [0, 0.1) is 0 Å². The SMILES string of the molecule is Clc1ccc2c(c1)-c1ccccc1C21c2ccccc2-c2ccccc2-c2ccc(Br)cc21. The second-order valence-electron chi connectivity index (χ2n) is 8.77. The van der Waals surface area contributed by atoms with Gasteiger partial charge >= 0.3 is 0 Å². The summed E-state index contributed by atoms with van der Waals surface area (Å²) >= 11 is 10.3. The van der Waals surface area contributed by atoms with Crippen molar-refractivity contribution in [3.05, 3.63) is 141 Å². The lowest BCUT2D eigenvalue weighted by molar-refractivity contribution is 0.774. The van der Waals surface area contributed by atoms with Crippen molar-refractivity contribution in [2.45, 2.75) is 5.41 Å². The van der Waals surface area contributed by atoms with E-state index in [9.17, 15) is 0 Å². The molecular formula is C31H18BrCl. The average molecular weight is 506 g/mol. The van der Waals surface area contributed by atoms with Crippen LogP contribution in [0.25, 0.3) is 33.4 Å². The molecule has 0 aromatic heterocycles. The molecule has 0 nitrogen and oxygen atoms in total. The Balaban J connectivity index is 1.78. The zero-order chi connectivity index (χ0) is 22.2. The van der Waals surface area contributed by atoms with E-state index in [1.165, 1.54) is 55.6 Å². The van der Waals surface area contributed by atoms with Crippen LogP contribution in [0.4, 0.5) is 0 Å². The molecule has 1 atom stereocenters. The molecule has 0 N–H and O–H groups in total. The van der Waals surface area contributed by atoms with E-state index in [2.05, 4.69) is 119 Å². The van der Waals surface area contributed by atoms with Crippen molar-refractivity contribution >= 4 is 27.5 Å². The normalized spacial score (nSPS) is 16.9. The van der Waals surface area contributed by atoms with Gasteiger partial charge in [-0.1, -0.05) is 112 Å². The number of halogens is 2. The molecule has 1 unspecified atom stereocenters. The van der Waals surface area contributed by atoms with Gasteiger partial charge in [0.05, 0.1) is 5.41 Å². The van der Waals surface area contributed by atoms with Gasteiger partial charge in [0.2, 0.25) is 0 Å². The zero-order valence-corrected chi connectivity index (χ0v) is 20.0. The van der Waals surface area contributed by atoms with E-state index in [4.69, 9.17) is 11.6 Å². The van der Waals surface area contributed by atoms with Crippen molar-refractivity contribution in [2.75, 3.05) is 0 Å². The van der Waals surface area contributed by atoms with Crippen molar-refractivity contribution < 1.29 is 0 Å². The Morgan fingerprint density at radius 1 is 0.455 bits per heavy atom. The molecule has 0 radical (unpaired) electrons. The molecular weight excluding hydrogens is 488 g/mol.